The van der Waals surface area contributed by atoms with Crippen molar-refractivity contribution < 1.29 is 18.4 Å². The number of hydrogen-bond donors (Lipinski definition) is 0. The van der Waals surface area contributed by atoms with Gasteiger partial charge in [0.1, 0.15) is 5.82 Å². The van der Waals surface area contributed by atoms with Crippen LogP contribution in [-0.4, -0.2) is 12.0 Å². The van der Waals surface area contributed by atoms with Gasteiger partial charge in [-0.1, -0.05) is 0 Å². The third kappa shape index (κ3) is 1.71. The van der Waals surface area contributed by atoms with E-state index in [1.807, 2.05) is 0 Å². The van der Waals surface area contributed by atoms with Crippen LogP contribution in [-0.2, 0) is 0 Å². The highest BCUT2D eigenvalue weighted by Crippen LogP contribution is 2.27. The average Bonchev–Trinajstić information content (AvgIpc) is 2.08. The first-order chi connectivity index (χ1) is 6.06. The van der Waals surface area contributed by atoms with Gasteiger partial charge in [-0.25, -0.2) is 4.39 Å². The van der Waals surface area contributed by atoms with E-state index in [1.165, 1.54) is 0 Å². The summed E-state index contributed by atoms with van der Waals surface area (Å²) in [6.07, 6.45) is 0. The molecule has 13 heavy (non-hydrogen) atoms. The lowest BCUT2D eigenvalue weighted by molar-refractivity contribution is -0.387. The van der Waals surface area contributed by atoms with Crippen molar-refractivity contribution in [1.29, 1.82) is 0 Å². The van der Waals surface area contributed by atoms with Gasteiger partial charge >= 0.3 is 5.69 Å². The van der Waals surface area contributed by atoms with Crippen molar-refractivity contribution in [2.24, 2.45) is 0 Å². The van der Waals surface area contributed by atoms with Crippen molar-refractivity contribution in [2.45, 2.75) is 0 Å². The summed E-state index contributed by atoms with van der Waals surface area (Å²) in [5, 5.41) is 10.2. The summed E-state index contributed by atoms with van der Waals surface area (Å²) in [4.78, 5) is 9.17. The standard InChI is InChI=1S/C7H5F2NO3/c1-13-6-3-4(8)2-5(7(6)9)10(11)12/h2-3H,1H3. The topological polar surface area (TPSA) is 52.4 Å². The summed E-state index contributed by atoms with van der Waals surface area (Å²) in [6, 6.07) is 1.24. The molecule has 70 valence electrons. The summed E-state index contributed by atoms with van der Waals surface area (Å²) in [5.74, 6) is -2.56. The fraction of sp³-hybridized carbons (Fsp3) is 0.143. The van der Waals surface area contributed by atoms with Crippen LogP contribution in [0.25, 0.3) is 0 Å². The molecule has 0 radical (unpaired) electrons. The van der Waals surface area contributed by atoms with Crippen molar-refractivity contribution in [3.63, 3.8) is 0 Å². The van der Waals surface area contributed by atoms with Gasteiger partial charge in [0.15, 0.2) is 5.75 Å². The second kappa shape index (κ2) is 3.34. The highest BCUT2D eigenvalue weighted by molar-refractivity contribution is 5.41. The lowest BCUT2D eigenvalue weighted by Gasteiger charge is -2.01. The molecule has 0 aliphatic carbocycles. The SMILES string of the molecule is COc1cc(F)cc([N+](=O)[O-])c1F. The Morgan fingerprint density at radius 3 is 2.54 bits per heavy atom. The van der Waals surface area contributed by atoms with E-state index in [4.69, 9.17) is 0 Å². The summed E-state index contributed by atoms with van der Waals surface area (Å²) >= 11 is 0. The van der Waals surface area contributed by atoms with E-state index in [-0.39, 0.29) is 0 Å². The molecule has 4 nitrogen and oxygen atoms in total. The van der Waals surface area contributed by atoms with Gasteiger partial charge in [-0.15, -0.1) is 0 Å². The van der Waals surface area contributed by atoms with Crippen molar-refractivity contribution in [3.8, 4) is 5.75 Å². The first-order valence-corrected chi connectivity index (χ1v) is 3.23. The summed E-state index contributed by atoms with van der Waals surface area (Å²) < 4.78 is 30.0. The number of nitro groups is 1. The zero-order chi connectivity index (χ0) is 10.0. The largest absolute Gasteiger partial charge is 0.493 e. The first kappa shape index (κ1) is 9.37. The van der Waals surface area contributed by atoms with E-state index in [9.17, 15) is 18.9 Å². The molecule has 0 N–H and O–H groups in total. The highest BCUT2D eigenvalue weighted by atomic mass is 19.1. The molecular formula is C7H5F2NO3. The maximum absolute atomic E-state index is 13.0. The number of hydrogen-bond acceptors (Lipinski definition) is 3. The molecule has 0 aliphatic rings. The first-order valence-electron chi connectivity index (χ1n) is 3.23. The zero-order valence-corrected chi connectivity index (χ0v) is 6.58. The lowest BCUT2D eigenvalue weighted by Crippen LogP contribution is -1.97. The number of ether oxygens (including phenoxy) is 1. The molecule has 1 aromatic rings. The van der Waals surface area contributed by atoms with Crippen LogP contribution in [0.4, 0.5) is 14.5 Å². The number of rotatable bonds is 2. The monoisotopic (exact) mass is 189 g/mol. The van der Waals surface area contributed by atoms with Crippen LogP contribution >= 0.6 is 0 Å². The Balaban J connectivity index is 3.35. The van der Waals surface area contributed by atoms with Crippen LogP contribution in [0.2, 0.25) is 0 Å². The molecule has 0 bridgehead atoms. The van der Waals surface area contributed by atoms with Gasteiger partial charge in [-0.05, 0) is 0 Å². The van der Waals surface area contributed by atoms with Crippen LogP contribution in [0.1, 0.15) is 0 Å². The van der Waals surface area contributed by atoms with E-state index in [2.05, 4.69) is 4.74 Å². The molecule has 0 amide bonds. The van der Waals surface area contributed by atoms with E-state index in [0.29, 0.717) is 6.07 Å². The second-order valence-corrected chi connectivity index (χ2v) is 2.20. The molecule has 6 heteroatoms. The molecule has 0 spiro atoms. The fourth-order valence-corrected chi connectivity index (χ4v) is 0.832. The van der Waals surface area contributed by atoms with Gasteiger partial charge < -0.3 is 4.74 Å². The van der Waals surface area contributed by atoms with Crippen molar-refractivity contribution in [1.82, 2.24) is 0 Å². The molecule has 1 aromatic carbocycles. The van der Waals surface area contributed by atoms with E-state index in [0.717, 1.165) is 13.2 Å². The quantitative estimate of drug-likeness (QED) is 0.527. The zero-order valence-electron chi connectivity index (χ0n) is 6.58. The predicted molar refractivity (Wildman–Crippen MR) is 39.6 cm³/mol. The van der Waals surface area contributed by atoms with Crippen LogP contribution < -0.4 is 4.74 Å². The van der Waals surface area contributed by atoms with Gasteiger partial charge in [0, 0.05) is 6.07 Å². The Hall–Kier alpha value is -1.72. The minimum Gasteiger partial charge on any atom is -0.493 e. The van der Waals surface area contributed by atoms with Crippen molar-refractivity contribution in [3.05, 3.63) is 33.9 Å². The van der Waals surface area contributed by atoms with Crippen LogP contribution in [0.15, 0.2) is 12.1 Å². The fourth-order valence-electron chi connectivity index (χ4n) is 0.832. The summed E-state index contributed by atoms with van der Waals surface area (Å²) in [7, 11) is 1.10. The van der Waals surface area contributed by atoms with E-state index < -0.39 is 28.0 Å². The molecule has 0 aromatic heterocycles. The normalized spacial score (nSPS) is 9.77. The van der Waals surface area contributed by atoms with Gasteiger partial charge in [0.05, 0.1) is 18.1 Å². The van der Waals surface area contributed by atoms with Gasteiger partial charge in [-0.3, -0.25) is 10.1 Å². The van der Waals surface area contributed by atoms with Crippen molar-refractivity contribution in [2.75, 3.05) is 7.11 Å². The van der Waals surface area contributed by atoms with Crippen LogP contribution in [0.5, 0.6) is 5.75 Å². The minimum absolute atomic E-state index is 0.480. The van der Waals surface area contributed by atoms with Gasteiger partial charge in [0.25, 0.3) is 0 Å². The number of benzene rings is 1. The highest BCUT2D eigenvalue weighted by Gasteiger charge is 2.20. The lowest BCUT2D eigenvalue weighted by atomic mass is 10.3. The van der Waals surface area contributed by atoms with Gasteiger partial charge in [0.2, 0.25) is 5.82 Å². The van der Waals surface area contributed by atoms with Crippen LogP contribution in [0, 0.1) is 21.7 Å². The van der Waals surface area contributed by atoms with Crippen molar-refractivity contribution >= 4 is 5.69 Å². The maximum Gasteiger partial charge on any atom is 0.311 e. The Bertz CT molecular complexity index is 354. The maximum atomic E-state index is 13.0. The molecule has 1 rings (SSSR count). The molecular weight excluding hydrogens is 184 g/mol. The smallest absolute Gasteiger partial charge is 0.311 e. The number of nitrogens with zero attached hydrogens (tertiary/aromatic N) is 1. The van der Waals surface area contributed by atoms with E-state index >= 15 is 0 Å². The summed E-state index contributed by atoms with van der Waals surface area (Å²) in [5.41, 5.74) is -0.933. The molecule has 0 unspecified atom stereocenters. The second-order valence-electron chi connectivity index (χ2n) is 2.20. The Labute approximate surface area is 71.9 Å². The molecule has 0 aliphatic heterocycles. The average molecular weight is 189 g/mol. The Kier molecular flexibility index (Phi) is 2.41. The minimum atomic E-state index is -1.17. The molecule has 0 atom stereocenters. The third-order valence-electron chi connectivity index (χ3n) is 1.40. The number of halogens is 2. The predicted octanol–water partition coefficient (Wildman–Crippen LogP) is 1.88. The molecule has 0 heterocycles. The number of nitro benzene ring substituents is 1. The third-order valence-corrected chi connectivity index (χ3v) is 1.40. The molecule has 0 fully saturated rings. The molecule has 0 saturated heterocycles. The molecule has 0 saturated carbocycles. The Morgan fingerprint density at radius 1 is 1.46 bits per heavy atom. The van der Waals surface area contributed by atoms with Gasteiger partial charge in [-0.2, -0.15) is 4.39 Å². The Morgan fingerprint density at radius 2 is 2.08 bits per heavy atom. The van der Waals surface area contributed by atoms with E-state index in [1.54, 1.807) is 0 Å². The van der Waals surface area contributed by atoms with Crippen LogP contribution in [0.3, 0.4) is 0 Å². The summed E-state index contributed by atoms with van der Waals surface area (Å²) in [6.45, 7) is 0. The number of methoxy groups -OCH3 is 1.